The van der Waals surface area contributed by atoms with Gasteiger partial charge < -0.3 is 5.11 Å². The Balaban J connectivity index is 2.29. The summed E-state index contributed by atoms with van der Waals surface area (Å²) in [7, 11) is -0.898. The zero-order valence-corrected chi connectivity index (χ0v) is 8.98. The lowest BCUT2D eigenvalue weighted by Crippen LogP contribution is -1.95. The van der Waals surface area contributed by atoms with Crippen LogP contribution in [-0.2, 0) is 4.79 Å². The van der Waals surface area contributed by atoms with E-state index >= 15 is 0 Å². The van der Waals surface area contributed by atoms with Gasteiger partial charge in [-0.1, -0.05) is 0 Å². The fourth-order valence-electron chi connectivity index (χ4n) is 1.04. The van der Waals surface area contributed by atoms with Crippen molar-refractivity contribution in [1.29, 1.82) is 0 Å². The molecule has 78 valence electrons. The number of carbonyl (C=O) groups is 1. The first-order valence-corrected chi connectivity index (χ1v) is 5.79. The van der Waals surface area contributed by atoms with E-state index < -0.39 is 16.9 Å². The third kappa shape index (κ3) is 2.16. The molecule has 2 heterocycles. The van der Waals surface area contributed by atoms with Gasteiger partial charge in [-0.3, -0.25) is 0 Å². The molecule has 1 unspecified atom stereocenters. The number of hydrogen-bond acceptors (Lipinski definition) is 4. The summed E-state index contributed by atoms with van der Waals surface area (Å²) in [5.41, 5.74) is 0.262. The maximum absolute atomic E-state index is 10.7. The first-order chi connectivity index (χ1) is 7.16. The number of halogens is 1. The molecule has 15 heavy (non-hydrogen) atoms. The molecule has 2 rings (SSSR count). The highest BCUT2D eigenvalue weighted by Crippen LogP contribution is 2.41. The SMILES string of the molecule is O=C(O)C1=C[SH](c2ncnc(Cl)n2)C=C1. The van der Waals surface area contributed by atoms with Crippen LogP contribution >= 0.6 is 22.5 Å². The number of rotatable bonds is 2. The van der Waals surface area contributed by atoms with Crippen LogP contribution in [0.1, 0.15) is 0 Å². The van der Waals surface area contributed by atoms with Gasteiger partial charge in [0.05, 0.1) is 5.57 Å². The summed E-state index contributed by atoms with van der Waals surface area (Å²) in [4.78, 5) is 22.2. The third-order valence-electron chi connectivity index (χ3n) is 1.70. The van der Waals surface area contributed by atoms with Crippen molar-refractivity contribution in [1.82, 2.24) is 15.0 Å². The van der Waals surface area contributed by atoms with Gasteiger partial charge in [-0.2, -0.15) is 15.9 Å². The number of aromatic nitrogens is 3. The molecule has 1 atom stereocenters. The third-order valence-corrected chi connectivity index (χ3v) is 3.59. The zero-order valence-electron chi connectivity index (χ0n) is 7.33. The zero-order chi connectivity index (χ0) is 10.8. The Labute approximate surface area is 92.9 Å². The summed E-state index contributed by atoms with van der Waals surface area (Å²) in [6.07, 6.45) is 2.86. The van der Waals surface area contributed by atoms with Crippen LogP contribution in [0.2, 0.25) is 5.28 Å². The summed E-state index contributed by atoms with van der Waals surface area (Å²) in [6.45, 7) is 0. The average molecular weight is 244 g/mol. The molecule has 1 aromatic heterocycles. The molecule has 0 spiro atoms. The largest absolute Gasteiger partial charge is 0.478 e. The van der Waals surface area contributed by atoms with Crippen LogP contribution in [-0.4, -0.2) is 26.0 Å². The van der Waals surface area contributed by atoms with Gasteiger partial charge in [-0.15, -0.1) is 0 Å². The molecule has 7 heteroatoms. The Morgan fingerprint density at radius 3 is 2.87 bits per heavy atom. The lowest BCUT2D eigenvalue weighted by atomic mass is 10.3. The smallest absolute Gasteiger partial charge is 0.336 e. The Kier molecular flexibility index (Phi) is 2.70. The van der Waals surface area contributed by atoms with Crippen molar-refractivity contribution in [3.05, 3.63) is 34.1 Å². The van der Waals surface area contributed by atoms with Crippen molar-refractivity contribution in [2.24, 2.45) is 0 Å². The predicted octanol–water partition coefficient (Wildman–Crippen LogP) is 1.38. The average Bonchev–Trinajstić information content (AvgIpc) is 2.66. The van der Waals surface area contributed by atoms with Crippen molar-refractivity contribution in [3.8, 4) is 0 Å². The van der Waals surface area contributed by atoms with Gasteiger partial charge in [0.1, 0.15) is 6.33 Å². The van der Waals surface area contributed by atoms with Gasteiger partial charge in [0.25, 0.3) is 0 Å². The van der Waals surface area contributed by atoms with Crippen LogP contribution in [0.3, 0.4) is 0 Å². The van der Waals surface area contributed by atoms with E-state index in [0.29, 0.717) is 5.16 Å². The van der Waals surface area contributed by atoms with E-state index in [1.165, 1.54) is 6.33 Å². The molecule has 0 amide bonds. The van der Waals surface area contributed by atoms with Crippen molar-refractivity contribution in [3.63, 3.8) is 0 Å². The van der Waals surface area contributed by atoms with Gasteiger partial charge in [-0.25, -0.2) is 14.8 Å². The van der Waals surface area contributed by atoms with E-state index in [1.54, 1.807) is 16.9 Å². The number of carboxylic acid groups (broad SMARTS) is 1. The monoisotopic (exact) mass is 243 g/mol. The van der Waals surface area contributed by atoms with Crippen LogP contribution in [0, 0.1) is 0 Å². The fraction of sp³-hybridized carbons (Fsp3) is 0. The minimum atomic E-state index is -0.948. The molecular weight excluding hydrogens is 238 g/mol. The number of aliphatic carboxylic acids is 1. The van der Waals surface area contributed by atoms with E-state index in [4.69, 9.17) is 16.7 Å². The summed E-state index contributed by atoms with van der Waals surface area (Å²) in [5.74, 6) is -0.948. The van der Waals surface area contributed by atoms with Crippen molar-refractivity contribution in [2.75, 3.05) is 0 Å². The summed E-state index contributed by atoms with van der Waals surface area (Å²) >= 11 is 5.61. The molecule has 0 bridgehead atoms. The molecule has 1 aliphatic rings. The molecule has 0 saturated carbocycles. The predicted molar refractivity (Wildman–Crippen MR) is 56.9 cm³/mol. The Morgan fingerprint density at radius 1 is 1.47 bits per heavy atom. The minimum Gasteiger partial charge on any atom is -0.478 e. The molecule has 1 aliphatic heterocycles. The second kappa shape index (κ2) is 4.00. The highest BCUT2D eigenvalue weighted by atomic mass is 35.5. The molecule has 0 saturated heterocycles. The van der Waals surface area contributed by atoms with Crippen LogP contribution in [0.15, 0.2) is 33.9 Å². The van der Waals surface area contributed by atoms with Gasteiger partial charge in [-0.05, 0) is 28.5 Å². The maximum Gasteiger partial charge on any atom is 0.336 e. The van der Waals surface area contributed by atoms with Crippen molar-refractivity contribution < 1.29 is 9.90 Å². The maximum atomic E-state index is 10.7. The van der Waals surface area contributed by atoms with Crippen molar-refractivity contribution >= 4 is 28.5 Å². The van der Waals surface area contributed by atoms with E-state index in [0.717, 1.165) is 0 Å². The number of thiol groups is 1. The lowest BCUT2D eigenvalue weighted by Gasteiger charge is -2.06. The summed E-state index contributed by atoms with van der Waals surface area (Å²) in [6, 6.07) is 0. The molecule has 0 aromatic carbocycles. The quantitative estimate of drug-likeness (QED) is 0.768. The summed E-state index contributed by atoms with van der Waals surface area (Å²) < 4.78 is 0. The molecule has 1 aromatic rings. The first kappa shape index (κ1) is 10.1. The van der Waals surface area contributed by atoms with E-state index in [-0.39, 0.29) is 10.9 Å². The molecule has 0 aliphatic carbocycles. The first-order valence-electron chi connectivity index (χ1n) is 3.93. The topological polar surface area (TPSA) is 76.0 Å². The van der Waals surface area contributed by atoms with Gasteiger partial charge in [0, 0.05) is 0 Å². The van der Waals surface area contributed by atoms with Gasteiger partial charge in [0.2, 0.25) is 5.28 Å². The van der Waals surface area contributed by atoms with Crippen LogP contribution in [0.4, 0.5) is 0 Å². The normalized spacial score (nSPS) is 21.4. The van der Waals surface area contributed by atoms with E-state index in [9.17, 15) is 4.79 Å². The van der Waals surface area contributed by atoms with E-state index in [2.05, 4.69) is 15.0 Å². The molecule has 5 nitrogen and oxygen atoms in total. The highest BCUT2D eigenvalue weighted by molar-refractivity contribution is 8.22. The second-order valence-electron chi connectivity index (χ2n) is 2.67. The van der Waals surface area contributed by atoms with Gasteiger partial charge >= 0.3 is 5.97 Å². The Morgan fingerprint density at radius 2 is 2.27 bits per heavy atom. The lowest BCUT2D eigenvalue weighted by molar-refractivity contribution is -0.132. The second-order valence-corrected chi connectivity index (χ2v) is 4.78. The van der Waals surface area contributed by atoms with Crippen LogP contribution < -0.4 is 0 Å². The van der Waals surface area contributed by atoms with Gasteiger partial charge in [0.15, 0.2) is 5.16 Å². The minimum absolute atomic E-state index is 0.119. The number of nitrogens with zero attached hydrogens (tertiary/aromatic N) is 3. The van der Waals surface area contributed by atoms with E-state index in [1.807, 2.05) is 0 Å². The van der Waals surface area contributed by atoms with Crippen LogP contribution in [0.5, 0.6) is 0 Å². The molecular formula is C8H6ClN3O2S. The van der Waals surface area contributed by atoms with Crippen molar-refractivity contribution in [2.45, 2.75) is 5.16 Å². The number of hydrogen-bond donors (Lipinski definition) is 2. The highest BCUT2D eigenvalue weighted by Gasteiger charge is 2.15. The van der Waals surface area contributed by atoms with Crippen LogP contribution in [0.25, 0.3) is 0 Å². The molecule has 1 N–H and O–H groups in total. The molecule has 0 radical (unpaired) electrons. The standard InChI is InChI=1S/C8H6ClN3O2S/c9-7-10-4-11-8(12-7)15-2-1-5(3-15)6(13)14/h1-4,15H,(H,13,14). The summed E-state index contributed by atoms with van der Waals surface area (Å²) in [5, 5.41) is 12.8. The fourth-order valence-corrected chi connectivity index (χ4v) is 2.77. The molecule has 0 fully saturated rings. The number of carboxylic acids is 1. The Bertz CT molecular complexity index is 475. The Hall–Kier alpha value is -1.40.